The number of hydrogen-bond donors (Lipinski definition) is 1. The lowest BCUT2D eigenvalue weighted by Gasteiger charge is -2.07. The first-order valence-corrected chi connectivity index (χ1v) is 7.50. The van der Waals surface area contributed by atoms with Gasteiger partial charge in [-0.1, -0.05) is 12.1 Å². The van der Waals surface area contributed by atoms with Crippen molar-refractivity contribution < 1.29 is 4.92 Å². The Morgan fingerprint density at radius 2 is 2.17 bits per heavy atom. The van der Waals surface area contributed by atoms with Crippen molar-refractivity contribution >= 4 is 11.6 Å². The van der Waals surface area contributed by atoms with Gasteiger partial charge < -0.3 is 9.88 Å². The van der Waals surface area contributed by atoms with E-state index >= 15 is 0 Å². The van der Waals surface area contributed by atoms with Crippen LogP contribution in [-0.4, -0.2) is 31.0 Å². The first-order chi connectivity index (χ1) is 11.7. The second-order valence-electron chi connectivity index (χ2n) is 5.15. The summed E-state index contributed by atoms with van der Waals surface area (Å²) >= 11 is 0. The number of imidazole rings is 1. The van der Waals surface area contributed by atoms with Crippen molar-refractivity contribution in [1.82, 2.24) is 19.5 Å². The van der Waals surface area contributed by atoms with Gasteiger partial charge in [-0.3, -0.25) is 10.1 Å². The minimum atomic E-state index is -0.417. The maximum absolute atomic E-state index is 10.9. The fourth-order valence-corrected chi connectivity index (χ4v) is 2.26. The van der Waals surface area contributed by atoms with Gasteiger partial charge in [-0.05, 0) is 12.5 Å². The molecule has 0 fully saturated rings. The van der Waals surface area contributed by atoms with E-state index in [1.807, 2.05) is 10.8 Å². The number of nitrogens with zero attached hydrogens (tertiary/aromatic N) is 5. The van der Waals surface area contributed by atoms with Gasteiger partial charge in [0.15, 0.2) is 0 Å². The second-order valence-corrected chi connectivity index (χ2v) is 5.15. The molecular formula is C16H16N6O2. The molecule has 2 heterocycles. The molecule has 122 valence electrons. The summed E-state index contributed by atoms with van der Waals surface area (Å²) in [4.78, 5) is 23.0. The molecule has 0 saturated carbocycles. The van der Waals surface area contributed by atoms with Crippen LogP contribution in [-0.2, 0) is 6.54 Å². The average Bonchev–Trinajstić information content (AvgIpc) is 3.12. The van der Waals surface area contributed by atoms with Crippen LogP contribution in [0.3, 0.4) is 0 Å². The number of nitro benzene ring substituents is 1. The summed E-state index contributed by atoms with van der Waals surface area (Å²) in [6.45, 7) is 1.58. The summed E-state index contributed by atoms with van der Waals surface area (Å²) in [6.07, 6.45) is 7.98. The minimum absolute atomic E-state index is 0.0425. The van der Waals surface area contributed by atoms with Gasteiger partial charge in [0.25, 0.3) is 5.69 Å². The van der Waals surface area contributed by atoms with Crippen LogP contribution in [0.25, 0.3) is 11.3 Å². The highest BCUT2D eigenvalue weighted by atomic mass is 16.6. The smallest absolute Gasteiger partial charge is 0.270 e. The van der Waals surface area contributed by atoms with E-state index in [-0.39, 0.29) is 5.69 Å². The van der Waals surface area contributed by atoms with Crippen LogP contribution in [0.1, 0.15) is 6.42 Å². The third-order valence-electron chi connectivity index (χ3n) is 3.44. The predicted octanol–water partition coefficient (Wildman–Crippen LogP) is 2.75. The van der Waals surface area contributed by atoms with E-state index in [1.165, 1.54) is 12.1 Å². The van der Waals surface area contributed by atoms with Crippen molar-refractivity contribution in [1.29, 1.82) is 0 Å². The Morgan fingerprint density at radius 3 is 2.96 bits per heavy atom. The largest absolute Gasteiger partial charge is 0.354 e. The van der Waals surface area contributed by atoms with Crippen molar-refractivity contribution in [2.75, 3.05) is 11.9 Å². The molecule has 0 amide bonds. The molecule has 1 aromatic carbocycles. The Labute approximate surface area is 138 Å². The molecule has 0 bridgehead atoms. The maximum atomic E-state index is 10.9. The molecule has 3 aromatic rings. The first-order valence-electron chi connectivity index (χ1n) is 7.50. The molecule has 0 unspecified atom stereocenters. The fraction of sp³-hybridized carbons (Fsp3) is 0.188. The summed E-state index contributed by atoms with van der Waals surface area (Å²) in [5.74, 6) is 0.504. The van der Waals surface area contributed by atoms with Crippen molar-refractivity contribution in [3.63, 3.8) is 0 Å². The van der Waals surface area contributed by atoms with Crippen molar-refractivity contribution in [2.24, 2.45) is 0 Å². The Morgan fingerprint density at radius 1 is 1.25 bits per heavy atom. The van der Waals surface area contributed by atoms with Gasteiger partial charge in [0, 0.05) is 49.4 Å². The number of hydrogen-bond acceptors (Lipinski definition) is 6. The number of benzene rings is 1. The lowest BCUT2D eigenvalue weighted by molar-refractivity contribution is -0.384. The Kier molecular flexibility index (Phi) is 4.76. The zero-order chi connectivity index (χ0) is 16.8. The highest BCUT2D eigenvalue weighted by Crippen LogP contribution is 2.22. The molecule has 0 aliphatic carbocycles. The van der Waals surface area contributed by atoms with Gasteiger partial charge in [-0.15, -0.1) is 0 Å². The number of aromatic nitrogens is 4. The Hall–Kier alpha value is -3.29. The van der Waals surface area contributed by atoms with Crippen LogP contribution in [0.5, 0.6) is 0 Å². The van der Waals surface area contributed by atoms with Crippen LogP contribution >= 0.6 is 0 Å². The standard InChI is InChI=1S/C16H16N6O2/c23-22(24)14-4-1-3-13(11-14)15-5-7-19-16(20-15)18-6-2-9-21-10-8-17-12-21/h1,3-5,7-8,10-12H,2,6,9H2,(H,18,19,20). The van der Waals surface area contributed by atoms with Gasteiger partial charge in [0.1, 0.15) is 0 Å². The number of nitro groups is 1. The van der Waals surface area contributed by atoms with E-state index in [0.717, 1.165) is 19.5 Å². The van der Waals surface area contributed by atoms with E-state index in [0.29, 0.717) is 17.2 Å². The molecular weight excluding hydrogens is 308 g/mol. The van der Waals surface area contributed by atoms with Crippen LogP contribution in [0.2, 0.25) is 0 Å². The molecule has 24 heavy (non-hydrogen) atoms. The molecule has 0 aliphatic heterocycles. The molecule has 1 N–H and O–H groups in total. The first kappa shape index (κ1) is 15.6. The Balaban J connectivity index is 1.63. The van der Waals surface area contributed by atoms with Gasteiger partial charge >= 0.3 is 0 Å². The van der Waals surface area contributed by atoms with E-state index in [9.17, 15) is 10.1 Å². The normalized spacial score (nSPS) is 10.5. The third kappa shape index (κ3) is 3.92. The van der Waals surface area contributed by atoms with Crippen molar-refractivity contribution in [3.05, 3.63) is 65.4 Å². The van der Waals surface area contributed by atoms with Gasteiger partial charge in [0.05, 0.1) is 16.9 Å². The minimum Gasteiger partial charge on any atom is -0.354 e. The SMILES string of the molecule is O=[N+]([O-])c1cccc(-c2ccnc(NCCCn3ccnc3)n2)c1. The zero-order valence-electron chi connectivity index (χ0n) is 12.9. The molecule has 3 rings (SSSR count). The number of anilines is 1. The number of non-ortho nitro benzene ring substituents is 1. The van der Waals surface area contributed by atoms with Gasteiger partial charge in [0.2, 0.25) is 5.95 Å². The fourth-order valence-electron chi connectivity index (χ4n) is 2.26. The van der Waals surface area contributed by atoms with Crippen LogP contribution in [0, 0.1) is 10.1 Å². The highest BCUT2D eigenvalue weighted by Gasteiger charge is 2.08. The topological polar surface area (TPSA) is 98.8 Å². The highest BCUT2D eigenvalue weighted by molar-refractivity contribution is 5.63. The molecule has 2 aromatic heterocycles. The van der Waals surface area contributed by atoms with Crippen molar-refractivity contribution in [3.8, 4) is 11.3 Å². The molecule has 0 atom stereocenters. The number of rotatable bonds is 7. The number of nitrogens with one attached hydrogen (secondary N) is 1. The van der Waals surface area contributed by atoms with E-state index in [4.69, 9.17) is 0 Å². The summed E-state index contributed by atoms with van der Waals surface area (Å²) in [6, 6.07) is 8.13. The quantitative estimate of drug-likeness (QED) is 0.407. The third-order valence-corrected chi connectivity index (χ3v) is 3.44. The molecule has 0 radical (unpaired) electrons. The van der Waals surface area contributed by atoms with Crippen LogP contribution < -0.4 is 5.32 Å². The summed E-state index contributed by atoms with van der Waals surface area (Å²) < 4.78 is 2.00. The Bertz CT molecular complexity index is 819. The molecule has 0 spiro atoms. The van der Waals surface area contributed by atoms with E-state index < -0.39 is 4.92 Å². The van der Waals surface area contributed by atoms with Crippen LogP contribution in [0.15, 0.2) is 55.2 Å². The van der Waals surface area contributed by atoms with E-state index in [1.54, 1.807) is 36.9 Å². The van der Waals surface area contributed by atoms with Crippen LogP contribution in [0.4, 0.5) is 11.6 Å². The molecule has 8 nitrogen and oxygen atoms in total. The molecule has 8 heteroatoms. The lowest BCUT2D eigenvalue weighted by Crippen LogP contribution is -2.08. The predicted molar refractivity (Wildman–Crippen MR) is 89.5 cm³/mol. The van der Waals surface area contributed by atoms with Gasteiger partial charge in [-0.25, -0.2) is 15.0 Å². The summed E-state index contributed by atoms with van der Waals surface area (Å²) in [5, 5.41) is 14.0. The zero-order valence-corrected chi connectivity index (χ0v) is 12.9. The lowest BCUT2D eigenvalue weighted by atomic mass is 10.1. The molecule has 0 aliphatic rings. The van der Waals surface area contributed by atoms with E-state index in [2.05, 4.69) is 20.3 Å². The van der Waals surface area contributed by atoms with Gasteiger partial charge in [-0.2, -0.15) is 0 Å². The van der Waals surface area contributed by atoms with Crippen molar-refractivity contribution in [2.45, 2.75) is 13.0 Å². The summed E-state index contributed by atoms with van der Waals surface area (Å²) in [5.41, 5.74) is 1.37. The number of aryl methyl sites for hydroxylation is 1. The maximum Gasteiger partial charge on any atom is 0.270 e. The average molecular weight is 324 g/mol. The monoisotopic (exact) mass is 324 g/mol. The second kappa shape index (κ2) is 7.32. The summed E-state index contributed by atoms with van der Waals surface area (Å²) in [7, 11) is 0. The molecule has 0 saturated heterocycles.